The molecule has 4 rings (SSSR count). The van der Waals surface area contributed by atoms with Gasteiger partial charge in [-0.15, -0.1) is 0 Å². The first kappa shape index (κ1) is 19.0. The van der Waals surface area contributed by atoms with E-state index in [1.54, 1.807) is 37.3 Å². The van der Waals surface area contributed by atoms with Gasteiger partial charge < -0.3 is 34.1 Å². The molecular weight excluding hydrogens is 374 g/mol. The molecule has 2 heterocycles. The Bertz CT molecular complexity index is 881. The van der Waals surface area contributed by atoms with Crippen LogP contribution in [0, 0.1) is 0 Å². The van der Waals surface area contributed by atoms with Crippen molar-refractivity contribution in [2.45, 2.75) is 0 Å². The summed E-state index contributed by atoms with van der Waals surface area (Å²) >= 11 is 0. The molecule has 0 radical (unpaired) electrons. The second kappa shape index (κ2) is 8.38. The van der Waals surface area contributed by atoms with Crippen molar-refractivity contribution in [3.63, 3.8) is 0 Å². The van der Waals surface area contributed by atoms with Gasteiger partial charge in [0.15, 0.2) is 11.5 Å². The summed E-state index contributed by atoms with van der Waals surface area (Å²) < 4.78 is 21.8. The normalized spacial score (nSPS) is 15.7. The van der Waals surface area contributed by atoms with Crippen LogP contribution in [0.5, 0.6) is 23.0 Å². The molecule has 1 fully saturated rings. The summed E-state index contributed by atoms with van der Waals surface area (Å²) in [6.45, 7) is 3.88. The van der Waals surface area contributed by atoms with Gasteiger partial charge in [0.05, 0.1) is 19.9 Å². The molecule has 0 atom stereocenters. The van der Waals surface area contributed by atoms with Crippen LogP contribution >= 0.6 is 0 Å². The zero-order valence-electron chi connectivity index (χ0n) is 16.6. The Hall–Kier alpha value is -3.29. The van der Waals surface area contributed by atoms with Crippen LogP contribution in [0.4, 0.5) is 16.2 Å². The Labute approximate surface area is 169 Å². The molecule has 8 nitrogen and oxygen atoms in total. The molecule has 1 saturated heterocycles. The predicted molar refractivity (Wildman–Crippen MR) is 110 cm³/mol. The number of nitrogens with one attached hydrogen (secondary N) is 1. The Morgan fingerprint density at radius 1 is 0.931 bits per heavy atom. The quantitative estimate of drug-likeness (QED) is 0.853. The van der Waals surface area contributed by atoms with Gasteiger partial charge in [-0.3, -0.25) is 0 Å². The maximum absolute atomic E-state index is 12.7. The number of urea groups is 1. The molecule has 2 aliphatic rings. The van der Waals surface area contributed by atoms with E-state index in [4.69, 9.17) is 18.9 Å². The summed E-state index contributed by atoms with van der Waals surface area (Å²) in [5, 5.41) is 2.93. The van der Waals surface area contributed by atoms with Crippen LogP contribution in [-0.2, 0) is 0 Å². The molecule has 2 aromatic rings. The predicted octanol–water partition coefficient (Wildman–Crippen LogP) is 2.83. The fourth-order valence-corrected chi connectivity index (χ4v) is 3.49. The van der Waals surface area contributed by atoms with Crippen molar-refractivity contribution in [2.24, 2.45) is 0 Å². The fraction of sp³-hybridized carbons (Fsp3) is 0.381. The molecule has 2 aromatic carbocycles. The number of amides is 2. The first-order valence-corrected chi connectivity index (χ1v) is 9.60. The lowest BCUT2D eigenvalue weighted by Gasteiger charge is -2.36. The lowest BCUT2D eigenvalue weighted by Crippen LogP contribution is -2.50. The zero-order valence-corrected chi connectivity index (χ0v) is 16.6. The smallest absolute Gasteiger partial charge is 0.322 e. The van der Waals surface area contributed by atoms with Crippen LogP contribution in [0.3, 0.4) is 0 Å². The van der Waals surface area contributed by atoms with E-state index < -0.39 is 0 Å². The van der Waals surface area contributed by atoms with Gasteiger partial charge in [-0.05, 0) is 24.3 Å². The number of piperazine rings is 1. The molecule has 0 spiro atoms. The van der Waals surface area contributed by atoms with Crippen molar-refractivity contribution >= 4 is 17.4 Å². The summed E-state index contributed by atoms with van der Waals surface area (Å²) in [7, 11) is 3.16. The van der Waals surface area contributed by atoms with Crippen molar-refractivity contribution in [3.05, 3.63) is 36.4 Å². The Kier molecular flexibility index (Phi) is 5.50. The third kappa shape index (κ3) is 4.11. The standard InChI is InChI=1S/C21H25N3O5/c1-26-16-4-5-17(19(14-16)27-2)22-21(25)24-9-7-23(8-10-24)15-3-6-18-20(13-15)29-12-11-28-18/h3-6,13-14H,7-12H2,1-2H3,(H,22,25). The molecule has 8 heteroatoms. The first-order chi connectivity index (χ1) is 14.2. The van der Waals surface area contributed by atoms with Crippen LogP contribution < -0.4 is 29.2 Å². The Balaban J connectivity index is 1.36. The largest absolute Gasteiger partial charge is 0.497 e. The van der Waals surface area contributed by atoms with Crippen LogP contribution in [0.2, 0.25) is 0 Å². The third-order valence-corrected chi connectivity index (χ3v) is 5.11. The number of benzene rings is 2. The highest BCUT2D eigenvalue weighted by molar-refractivity contribution is 5.91. The molecule has 29 heavy (non-hydrogen) atoms. The molecule has 2 amide bonds. The number of methoxy groups -OCH3 is 2. The highest BCUT2D eigenvalue weighted by atomic mass is 16.6. The molecule has 0 aliphatic carbocycles. The van der Waals surface area contributed by atoms with E-state index >= 15 is 0 Å². The van der Waals surface area contributed by atoms with E-state index in [0.29, 0.717) is 43.5 Å². The Morgan fingerprint density at radius 3 is 2.41 bits per heavy atom. The summed E-state index contributed by atoms with van der Waals surface area (Å²) in [6.07, 6.45) is 0. The van der Waals surface area contributed by atoms with E-state index in [1.165, 1.54) is 0 Å². The molecule has 0 aromatic heterocycles. The summed E-state index contributed by atoms with van der Waals surface area (Å²) in [5.41, 5.74) is 1.69. The van der Waals surface area contributed by atoms with Crippen LogP contribution in [0.1, 0.15) is 0 Å². The first-order valence-electron chi connectivity index (χ1n) is 9.60. The van der Waals surface area contributed by atoms with Gasteiger partial charge in [0, 0.05) is 44.0 Å². The molecule has 0 unspecified atom stereocenters. The van der Waals surface area contributed by atoms with Gasteiger partial charge in [-0.2, -0.15) is 0 Å². The average molecular weight is 399 g/mol. The minimum absolute atomic E-state index is 0.143. The maximum atomic E-state index is 12.7. The number of fused-ring (bicyclic) bond motifs is 1. The lowest BCUT2D eigenvalue weighted by atomic mass is 10.2. The number of carbonyl (C=O) groups excluding carboxylic acids is 1. The number of anilines is 2. The minimum Gasteiger partial charge on any atom is -0.497 e. The maximum Gasteiger partial charge on any atom is 0.322 e. The van der Waals surface area contributed by atoms with Gasteiger partial charge in [-0.25, -0.2) is 4.79 Å². The van der Waals surface area contributed by atoms with E-state index in [2.05, 4.69) is 10.2 Å². The molecule has 1 N–H and O–H groups in total. The van der Waals surface area contributed by atoms with Crippen molar-refractivity contribution in [3.8, 4) is 23.0 Å². The SMILES string of the molecule is COc1ccc(NC(=O)N2CCN(c3ccc4c(c3)OCCO4)CC2)c(OC)c1. The van der Waals surface area contributed by atoms with E-state index in [-0.39, 0.29) is 6.03 Å². The summed E-state index contributed by atoms with van der Waals surface area (Å²) in [6, 6.07) is 11.2. The third-order valence-electron chi connectivity index (χ3n) is 5.11. The number of hydrogen-bond acceptors (Lipinski definition) is 6. The van der Waals surface area contributed by atoms with Crippen molar-refractivity contribution in [1.82, 2.24) is 4.90 Å². The van der Waals surface area contributed by atoms with Gasteiger partial charge >= 0.3 is 6.03 Å². The van der Waals surface area contributed by atoms with Gasteiger partial charge in [0.2, 0.25) is 0 Å². The van der Waals surface area contributed by atoms with Crippen molar-refractivity contribution in [2.75, 3.05) is 63.8 Å². The summed E-state index contributed by atoms with van der Waals surface area (Å²) in [4.78, 5) is 16.7. The highest BCUT2D eigenvalue weighted by Gasteiger charge is 2.23. The molecule has 2 aliphatic heterocycles. The van der Waals surface area contributed by atoms with Crippen molar-refractivity contribution in [1.29, 1.82) is 0 Å². The van der Waals surface area contributed by atoms with Gasteiger partial charge in [-0.1, -0.05) is 0 Å². The molecule has 154 valence electrons. The number of carbonyl (C=O) groups is 1. The second-order valence-corrected chi connectivity index (χ2v) is 6.80. The number of hydrogen-bond donors (Lipinski definition) is 1. The van der Waals surface area contributed by atoms with Gasteiger partial charge in [0.1, 0.15) is 24.7 Å². The molecule has 0 saturated carbocycles. The molecule has 0 bridgehead atoms. The highest BCUT2D eigenvalue weighted by Crippen LogP contribution is 2.34. The zero-order chi connectivity index (χ0) is 20.2. The van der Waals surface area contributed by atoms with Gasteiger partial charge in [0.25, 0.3) is 0 Å². The van der Waals surface area contributed by atoms with Crippen molar-refractivity contribution < 1.29 is 23.7 Å². The van der Waals surface area contributed by atoms with Crippen LogP contribution in [0.25, 0.3) is 0 Å². The Morgan fingerprint density at radius 2 is 1.69 bits per heavy atom. The molecular formula is C21H25N3O5. The average Bonchev–Trinajstić information content (AvgIpc) is 2.79. The van der Waals surface area contributed by atoms with Crippen LogP contribution in [-0.4, -0.2) is 64.5 Å². The monoisotopic (exact) mass is 399 g/mol. The minimum atomic E-state index is -0.143. The second-order valence-electron chi connectivity index (χ2n) is 6.80. The topological polar surface area (TPSA) is 72.5 Å². The number of ether oxygens (including phenoxy) is 4. The number of nitrogens with zero attached hydrogens (tertiary/aromatic N) is 2. The summed E-state index contributed by atoms with van der Waals surface area (Å²) in [5.74, 6) is 2.80. The fourth-order valence-electron chi connectivity index (χ4n) is 3.49. The van der Waals surface area contributed by atoms with E-state index in [1.807, 2.05) is 18.2 Å². The number of rotatable bonds is 4. The van der Waals surface area contributed by atoms with E-state index in [0.717, 1.165) is 30.3 Å². The lowest BCUT2D eigenvalue weighted by molar-refractivity contribution is 0.171. The van der Waals surface area contributed by atoms with Crippen LogP contribution in [0.15, 0.2) is 36.4 Å². The van der Waals surface area contributed by atoms with E-state index in [9.17, 15) is 4.79 Å².